The Morgan fingerprint density at radius 3 is 2.52 bits per heavy atom. The van der Waals surface area contributed by atoms with E-state index in [-0.39, 0.29) is 17.1 Å². The summed E-state index contributed by atoms with van der Waals surface area (Å²) in [6.45, 7) is 4.54. The normalized spacial score (nSPS) is 13.3. The molecule has 6 nitrogen and oxygen atoms in total. The fourth-order valence-electron chi connectivity index (χ4n) is 2.84. The number of fused-ring (bicyclic) bond motifs is 1. The van der Waals surface area contributed by atoms with Crippen LogP contribution in [0.15, 0.2) is 35.2 Å². The summed E-state index contributed by atoms with van der Waals surface area (Å²) in [6.07, 6.45) is -0.180. The van der Waals surface area contributed by atoms with Crippen molar-refractivity contribution in [1.82, 2.24) is 0 Å². The second kappa shape index (κ2) is 7.78. The molecule has 0 aromatic heterocycles. The van der Waals surface area contributed by atoms with Crippen molar-refractivity contribution in [3.63, 3.8) is 0 Å². The summed E-state index contributed by atoms with van der Waals surface area (Å²) >= 11 is 6.17. The number of ether oxygens (including phenoxy) is 2. The van der Waals surface area contributed by atoms with Crippen LogP contribution in [0.2, 0.25) is 5.02 Å². The molecule has 0 fully saturated rings. The number of aryl methyl sites for hydroxylation is 2. The van der Waals surface area contributed by atoms with E-state index in [1.54, 1.807) is 12.1 Å². The molecule has 2 aromatic carbocycles. The number of benzene rings is 2. The first-order valence-corrected chi connectivity index (χ1v) is 10.5. The van der Waals surface area contributed by atoms with Crippen LogP contribution in [0.4, 0.5) is 5.69 Å². The third-order valence-corrected chi connectivity index (χ3v) is 6.18. The molecule has 1 aliphatic rings. The predicted molar refractivity (Wildman–Crippen MR) is 104 cm³/mol. The number of hydrogen-bond acceptors (Lipinski definition) is 5. The first kappa shape index (κ1) is 19.5. The number of sulfone groups is 1. The average Bonchev–Trinajstić information content (AvgIpc) is 2.62. The standard InChI is InChI=1S/C19H20ClNO5S/c1-12-9-13(2)19(15(20)10-12)21-18(22)5-8-27(23,24)14-3-4-16-17(11-14)26-7-6-25-16/h3-4,9-11H,5-8H2,1-2H3,(H,21,22). The minimum Gasteiger partial charge on any atom is -0.486 e. The van der Waals surface area contributed by atoms with Crippen molar-refractivity contribution in [2.45, 2.75) is 25.2 Å². The van der Waals surface area contributed by atoms with Gasteiger partial charge in [0.05, 0.1) is 21.4 Å². The molecule has 1 heterocycles. The zero-order valence-electron chi connectivity index (χ0n) is 15.0. The number of halogens is 1. The number of nitrogens with one attached hydrogen (secondary N) is 1. The van der Waals surface area contributed by atoms with Gasteiger partial charge in [0.2, 0.25) is 5.91 Å². The maximum Gasteiger partial charge on any atom is 0.225 e. The molecule has 0 unspecified atom stereocenters. The molecular weight excluding hydrogens is 390 g/mol. The molecule has 27 heavy (non-hydrogen) atoms. The molecule has 1 aliphatic heterocycles. The Labute approximate surface area is 163 Å². The SMILES string of the molecule is Cc1cc(C)c(NC(=O)CCS(=O)(=O)c2ccc3c(c2)OCCO3)c(Cl)c1. The first-order chi connectivity index (χ1) is 12.8. The van der Waals surface area contributed by atoms with Crippen LogP contribution in [0, 0.1) is 13.8 Å². The highest BCUT2D eigenvalue weighted by molar-refractivity contribution is 7.91. The Morgan fingerprint density at radius 2 is 1.81 bits per heavy atom. The third kappa shape index (κ3) is 4.54. The highest BCUT2D eigenvalue weighted by Crippen LogP contribution is 2.33. The summed E-state index contributed by atoms with van der Waals surface area (Å²) < 4.78 is 35.9. The van der Waals surface area contributed by atoms with Crippen molar-refractivity contribution in [3.05, 3.63) is 46.5 Å². The van der Waals surface area contributed by atoms with E-state index in [0.29, 0.717) is 35.4 Å². The Balaban J connectivity index is 1.68. The van der Waals surface area contributed by atoms with Crippen molar-refractivity contribution < 1.29 is 22.7 Å². The van der Waals surface area contributed by atoms with Gasteiger partial charge in [0.15, 0.2) is 21.3 Å². The van der Waals surface area contributed by atoms with Crippen LogP contribution in [-0.4, -0.2) is 33.3 Å². The molecule has 0 aliphatic carbocycles. The summed E-state index contributed by atoms with van der Waals surface area (Å²) in [5.41, 5.74) is 2.31. The lowest BCUT2D eigenvalue weighted by molar-refractivity contribution is -0.115. The fraction of sp³-hybridized carbons (Fsp3) is 0.316. The van der Waals surface area contributed by atoms with Crippen molar-refractivity contribution in [2.24, 2.45) is 0 Å². The summed E-state index contributed by atoms with van der Waals surface area (Å²) in [5, 5.41) is 3.13. The fourth-order valence-corrected chi connectivity index (χ4v) is 4.46. The maximum atomic E-state index is 12.6. The van der Waals surface area contributed by atoms with E-state index in [1.165, 1.54) is 12.1 Å². The largest absolute Gasteiger partial charge is 0.486 e. The van der Waals surface area contributed by atoms with Crippen molar-refractivity contribution in [1.29, 1.82) is 0 Å². The lowest BCUT2D eigenvalue weighted by Crippen LogP contribution is -2.19. The molecule has 0 saturated carbocycles. The minimum absolute atomic E-state index is 0.101. The van der Waals surface area contributed by atoms with Crippen LogP contribution in [0.1, 0.15) is 17.5 Å². The molecule has 3 rings (SSSR count). The van der Waals surface area contributed by atoms with Gasteiger partial charge in [0, 0.05) is 12.5 Å². The van der Waals surface area contributed by atoms with E-state index in [2.05, 4.69) is 5.32 Å². The van der Waals surface area contributed by atoms with Crippen LogP contribution in [-0.2, 0) is 14.6 Å². The molecule has 0 spiro atoms. The highest BCUT2D eigenvalue weighted by Gasteiger charge is 2.21. The summed E-state index contributed by atoms with van der Waals surface area (Å²) in [5.74, 6) is 0.183. The average molecular weight is 410 g/mol. The van der Waals surface area contributed by atoms with E-state index in [1.807, 2.05) is 19.9 Å². The minimum atomic E-state index is -3.64. The quantitative estimate of drug-likeness (QED) is 0.816. The predicted octanol–water partition coefficient (Wildman–Crippen LogP) is 3.53. The molecule has 8 heteroatoms. The summed E-state index contributed by atoms with van der Waals surface area (Å²) in [7, 11) is -3.64. The lowest BCUT2D eigenvalue weighted by Gasteiger charge is -2.18. The van der Waals surface area contributed by atoms with Crippen LogP contribution >= 0.6 is 11.6 Å². The molecule has 0 bridgehead atoms. The smallest absolute Gasteiger partial charge is 0.225 e. The Hall–Kier alpha value is -2.25. The molecular formula is C19H20ClNO5S. The number of rotatable bonds is 5. The van der Waals surface area contributed by atoms with Crippen LogP contribution in [0.25, 0.3) is 0 Å². The van der Waals surface area contributed by atoms with Gasteiger partial charge in [-0.05, 0) is 43.2 Å². The van der Waals surface area contributed by atoms with Gasteiger partial charge in [-0.25, -0.2) is 8.42 Å². The van der Waals surface area contributed by atoms with Gasteiger partial charge in [-0.3, -0.25) is 4.79 Å². The number of hydrogen-bond donors (Lipinski definition) is 1. The molecule has 1 N–H and O–H groups in total. The molecule has 1 amide bonds. The first-order valence-electron chi connectivity index (χ1n) is 8.45. The van der Waals surface area contributed by atoms with E-state index in [4.69, 9.17) is 21.1 Å². The van der Waals surface area contributed by atoms with Crippen molar-refractivity contribution in [3.8, 4) is 11.5 Å². The molecule has 2 aromatic rings. The van der Waals surface area contributed by atoms with Crippen LogP contribution in [0.5, 0.6) is 11.5 Å². The summed E-state index contributed by atoms with van der Waals surface area (Å²) in [4.78, 5) is 12.3. The zero-order valence-corrected chi connectivity index (χ0v) is 16.6. The summed E-state index contributed by atoms with van der Waals surface area (Å²) in [6, 6.07) is 8.10. The lowest BCUT2D eigenvalue weighted by atomic mass is 10.1. The van der Waals surface area contributed by atoms with Gasteiger partial charge in [0.25, 0.3) is 0 Å². The van der Waals surface area contributed by atoms with Crippen molar-refractivity contribution in [2.75, 3.05) is 24.3 Å². The highest BCUT2D eigenvalue weighted by atomic mass is 35.5. The van der Waals surface area contributed by atoms with E-state index in [9.17, 15) is 13.2 Å². The van der Waals surface area contributed by atoms with E-state index >= 15 is 0 Å². The van der Waals surface area contributed by atoms with Gasteiger partial charge in [-0.15, -0.1) is 0 Å². The van der Waals surface area contributed by atoms with Gasteiger partial charge in [0.1, 0.15) is 13.2 Å². The Morgan fingerprint density at radius 1 is 1.11 bits per heavy atom. The Bertz CT molecular complexity index is 965. The van der Waals surface area contributed by atoms with Crippen molar-refractivity contribution >= 4 is 33.0 Å². The number of carbonyl (C=O) groups is 1. The number of anilines is 1. The topological polar surface area (TPSA) is 81.7 Å². The molecule has 144 valence electrons. The van der Waals surface area contributed by atoms with Gasteiger partial charge < -0.3 is 14.8 Å². The molecule has 0 atom stereocenters. The molecule has 0 saturated heterocycles. The maximum absolute atomic E-state index is 12.6. The molecule has 0 radical (unpaired) electrons. The third-order valence-electron chi connectivity index (χ3n) is 4.17. The zero-order chi connectivity index (χ0) is 19.6. The van der Waals surface area contributed by atoms with Gasteiger partial charge >= 0.3 is 0 Å². The second-order valence-corrected chi connectivity index (χ2v) is 8.88. The second-order valence-electron chi connectivity index (χ2n) is 6.36. The van der Waals surface area contributed by atoms with Crippen LogP contribution < -0.4 is 14.8 Å². The number of carbonyl (C=O) groups excluding carboxylic acids is 1. The Kier molecular flexibility index (Phi) is 5.62. The van der Waals surface area contributed by atoms with E-state index < -0.39 is 15.7 Å². The van der Waals surface area contributed by atoms with Crippen LogP contribution in [0.3, 0.4) is 0 Å². The number of amides is 1. The van der Waals surface area contributed by atoms with E-state index in [0.717, 1.165) is 11.1 Å². The monoisotopic (exact) mass is 409 g/mol. The van der Waals surface area contributed by atoms with Gasteiger partial charge in [-0.1, -0.05) is 17.7 Å². The van der Waals surface area contributed by atoms with Gasteiger partial charge in [-0.2, -0.15) is 0 Å².